The molecule has 5 rings (SSSR count). The summed E-state index contributed by atoms with van der Waals surface area (Å²) in [6.07, 6.45) is 1.25. The van der Waals surface area contributed by atoms with Crippen LogP contribution in [-0.2, 0) is 14.8 Å². The molecule has 2 saturated carbocycles. The largest absolute Gasteiger partial charge is 0.441 e. The fourth-order valence-electron chi connectivity index (χ4n) is 6.26. The summed E-state index contributed by atoms with van der Waals surface area (Å²) in [6, 6.07) is 4.80. The van der Waals surface area contributed by atoms with Crippen molar-refractivity contribution in [1.29, 1.82) is 0 Å². The van der Waals surface area contributed by atoms with Crippen LogP contribution in [0.25, 0.3) is 11.1 Å². The van der Waals surface area contributed by atoms with E-state index < -0.39 is 22.0 Å². The van der Waals surface area contributed by atoms with Gasteiger partial charge in [-0.3, -0.25) is 4.79 Å². The molecule has 3 aliphatic rings. The highest BCUT2D eigenvalue weighted by atomic mass is 32.2. The minimum atomic E-state index is -3.67. The number of aromatic nitrogens is 1. The van der Waals surface area contributed by atoms with Crippen molar-refractivity contribution in [2.75, 3.05) is 5.75 Å². The van der Waals surface area contributed by atoms with Crippen molar-refractivity contribution in [3.8, 4) is 0 Å². The van der Waals surface area contributed by atoms with E-state index in [1.165, 1.54) is 0 Å². The number of rotatable bonds is 3. The number of carbonyl (C=O) groups excluding carboxylic acids is 1. The second kappa shape index (κ2) is 5.82. The maximum absolute atomic E-state index is 13.1. The molecule has 2 aliphatic carbocycles. The summed E-state index contributed by atoms with van der Waals surface area (Å²) < 4.78 is 32.5. The van der Waals surface area contributed by atoms with Crippen LogP contribution in [0, 0.1) is 23.7 Å². The van der Waals surface area contributed by atoms with Gasteiger partial charge in [-0.05, 0) is 48.3 Å². The Morgan fingerprint density at radius 3 is 2.90 bits per heavy atom. The van der Waals surface area contributed by atoms with Gasteiger partial charge in [0.15, 0.2) is 11.5 Å². The van der Waals surface area contributed by atoms with Gasteiger partial charge in [-0.1, -0.05) is 19.9 Å². The molecule has 2 bridgehead atoms. The first-order valence-corrected chi connectivity index (χ1v) is 11.8. The average molecular weight is 419 g/mol. The number of aryl methyl sites for hydroxylation is 1. The first kappa shape index (κ1) is 19.1. The first-order chi connectivity index (χ1) is 13.5. The molecular formula is C21H26N2O5S. The Balaban J connectivity index is 1.41. The number of oxazole rings is 1. The molecular weight excluding hydrogens is 392 g/mol. The summed E-state index contributed by atoms with van der Waals surface area (Å²) in [4.78, 5) is 17.3. The minimum Gasteiger partial charge on any atom is -0.441 e. The van der Waals surface area contributed by atoms with Gasteiger partial charge in [0.05, 0.1) is 24.3 Å². The van der Waals surface area contributed by atoms with Crippen LogP contribution in [0.3, 0.4) is 0 Å². The molecule has 1 N–H and O–H groups in total. The molecule has 2 heterocycles. The molecule has 1 unspecified atom stereocenters. The van der Waals surface area contributed by atoms with Gasteiger partial charge in [0.25, 0.3) is 0 Å². The Morgan fingerprint density at radius 2 is 2.17 bits per heavy atom. The molecule has 1 spiro atoms. The van der Waals surface area contributed by atoms with Gasteiger partial charge in [0.1, 0.15) is 5.52 Å². The predicted molar refractivity (Wildman–Crippen MR) is 106 cm³/mol. The summed E-state index contributed by atoms with van der Waals surface area (Å²) in [5.74, 6) is 0.496. The quantitative estimate of drug-likeness (QED) is 0.823. The Morgan fingerprint density at radius 1 is 1.41 bits per heavy atom. The number of carbonyl (C=O) groups is 1. The molecule has 1 amide bonds. The lowest BCUT2D eigenvalue weighted by molar-refractivity contribution is -0.131. The van der Waals surface area contributed by atoms with Crippen LogP contribution in [-0.4, -0.2) is 40.5 Å². The van der Waals surface area contributed by atoms with Gasteiger partial charge in [0, 0.05) is 12.3 Å². The fraction of sp³-hybridized carbons (Fsp3) is 0.619. The molecule has 7 nitrogen and oxygen atoms in total. The summed E-state index contributed by atoms with van der Waals surface area (Å²) in [6.45, 7) is 6.04. The topological polar surface area (TPSA) is 101 Å². The first-order valence-electron chi connectivity index (χ1n) is 10.2. The van der Waals surface area contributed by atoms with Gasteiger partial charge in [-0.15, -0.1) is 0 Å². The molecule has 1 aromatic heterocycles. The molecule has 8 heteroatoms. The van der Waals surface area contributed by atoms with Crippen LogP contribution in [0.5, 0.6) is 0 Å². The van der Waals surface area contributed by atoms with E-state index in [2.05, 4.69) is 18.8 Å². The SMILES string of the molecule is Cc1nc2cc([C@@H](O)CC(=O)N3[C@@H]4CC5CC[C@]4(CS3(=O)=O)C5(C)C)ccc2o1. The maximum atomic E-state index is 13.1. The van der Waals surface area contributed by atoms with Crippen molar-refractivity contribution in [2.24, 2.45) is 16.7 Å². The van der Waals surface area contributed by atoms with Gasteiger partial charge < -0.3 is 9.52 Å². The van der Waals surface area contributed by atoms with Crippen LogP contribution in [0.4, 0.5) is 0 Å². The van der Waals surface area contributed by atoms with Crippen LogP contribution in [0.2, 0.25) is 0 Å². The number of fused-ring (bicyclic) bond motifs is 2. The average Bonchev–Trinajstić information content (AvgIpc) is 3.25. The highest BCUT2D eigenvalue weighted by molar-refractivity contribution is 7.90. The van der Waals surface area contributed by atoms with Gasteiger partial charge in [0.2, 0.25) is 15.9 Å². The second-order valence-corrected chi connectivity index (χ2v) is 11.3. The molecule has 4 atom stereocenters. The van der Waals surface area contributed by atoms with Crippen LogP contribution in [0.15, 0.2) is 22.6 Å². The standard InChI is InChI=1S/C21H26N2O5S/c1-12-22-15-8-13(4-5-17(15)28-12)16(24)10-19(25)23-18-9-14-6-7-21(18,20(14,2)3)11-29(23,26)27/h4-5,8,14,16,18,24H,6-7,9-11H2,1-3H3/t14?,16-,18+,21+/m0/s1. The zero-order valence-electron chi connectivity index (χ0n) is 16.9. The summed E-state index contributed by atoms with van der Waals surface area (Å²) in [5, 5.41) is 10.7. The Kier molecular flexibility index (Phi) is 3.82. The molecule has 2 aromatic rings. The van der Waals surface area contributed by atoms with E-state index in [1.807, 2.05) is 0 Å². The number of benzene rings is 1. The van der Waals surface area contributed by atoms with Crippen LogP contribution < -0.4 is 0 Å². The molecule has 156 valence electrons. The number of nitrogens with zero attached hydrogens (tertiary/aromatic N) is 2. The highest BCUT2D eigenvalue weighted by Crippen LogP contribution is 2.70. The van der Waals surface area contributed by atoms with Crippen molar-refractivity contribution in [1.82, 2.24) is 9.29 Å². The van der Waals surface area contributed by atoms with E-state index in [4.69, 9.17) is 4.42 Å². The molecule has 0 radical (unpaired) electrons. The summed E-state index contributed by atoms with van der Waals surface area (Å²) >= 11 is 0. The molecule has 1 saturated heterocycles. The van der Waals surface area contributed by atoms with Crippen molar-refractivity contribution < 1.29 is 22.7 Å². The number of hydrogen-bond acceptors (Lipinski definition) is 6. The van der Waals surface area contributed by atoms with E-state index in [1.54, 1.807) is 25.1 Å². The zero-order chi connectivity index (χ0) is 20.8. The molecule has 1 aromatic carbocycles. The lowest BCUT2D eigenvalue weighted by Crippen LogP contribution is -2.44. The Bertz CT molecular complexity index is 1120. The fourth-order valence-corrected chi connectivity index (χ4v) is 8.82. The van der Waals surface area contributed by atoms with Crippen molar-refractivity contribution >= 4 is 27.0 Å². The van der Waals surface area contributed by atoms with E-state index in [-0.39, 0.29) is 29.0 Å². The van der Waals surface area contributed by atoms with E-state index >= 15 is 0 Å². The van der Waals surface area contributed by atoms with Gasteiger partial charge in [-0.25, -0.2) is 17.7 Å². The molecule has 3 fully saturated rings. The summed E-state index contributed by atoms with van der Waals surface area (Å²) in [7, 11) is -3.67. The van der Waals surface area contributed by atoms with Gasteiger partial charge >= 0.3 is 0 Å². The number of sulfonamides is 1. The second-order valence-electron chi connectivity index (χ2n) is 9.49. The normalized spacial score (nSPS) is 32.6. The third-order valence-corrected chi connectivity index (χ3v) is 9.87. The summed E-state index contributed by atoms with van der Waals surface area (Å²) in [5.41, 5.74) is 1.30. The van der Waals surface area contributed by atoms with Crippen LogP contribution >= 0.6 is 0 Å². The van der Waals surface area contributed by atoms with Crippen molar-refractivity contribution in [3.05, 3.63) is 29.7 Å². The monoisotopic (exact) mass is 418 g/mol. The predicted octanol–water partition coefficient (Wildman–Crippen LogP) is 2.93. The zero-order valence-corrected chi connectivity index (χ0v) is 17.7. The molecule has 29 heavy (non-hydrogen) atoms. The molecule has 1 aliphatic heterocycles. The number of aliphatic hydroxyl groups is 1. The van der Waals surface area contributed by atoms with Crippen molar-refractivity contribution in [2.45, 2.75) is 58.6 Å². The lowest BCUT2D eigenvalue weighted by atomic mass is 9.69. The number of aliphatic hydroxyl groups excluding tert-OH is 1. The maximum Gasteiger partial charge on any atom is 0.239 e. The third kappa shape index (κ3) is 2.48. The highest BCUT2D eigenvalue weighted by Gasteiger charge is 2.72. The number of hydrogen-bond donors (Lipinski definition) is 1. The Labute approximate surface area is 170 Å². The van der Waals surface area contributed by atoms with Crippen LogP contribution in [0.1, 0.15) is 57.1 Å². The Hall–Kier alpha value is -1.93. The third-order valence-electron chi connectivity index (χ3n) is 7.93. The lowest BCUT2D eigenvalue weighted by Gasteiger charge is -2.37. The number of amides is 1. The van der Waals surface area contributed by atoms with E-state index in [9.17, 15) is 18.3 Å². The smallest absolute Gasteiger partial charge is 0.239 e. The van der Waals surface area contributed by atoms with E-state index in [0.717, 1.165) is 23.6 Å². The minimum absolute atomic E-state index is 0.0418. The van der Waals surface area contributed by atoms with Gasteiger partial charge in [-0.2, -0.15) is 0 Å². The van der Waals surface area contributed by atoms with Crippen molar-refractivity contribution in [3.63, 3.8) is 0 Å². The van der Waals surface area contributed by atoms with E-state index in [0.29, 0.717) is 28.5 Å².